The number of rotatable bonds is 3. The molecular formula is C15H16N2O2. The minimum absolute atomic E-state index is 0.168. The average molecular weight is 256 g/mol. The molecule has 98 valence electrons. The van der Waals surface area contributed by atoms with Crippen molar-refractivity contribution >= 4 is 23.0 Å². The van der Waals surface area contributed by atoms with Crippen molar-refractivity contribution in [1.82, 2.24) is 0 Å². The highest BCUT2D eigenvalue weighted by Gasteiger charge is 2.11. The summed E-state index contributed by atoms with van der Waals surface area (Å²) >= 11 is 0. The largest absolute Gasteiger partial charge is 0.478 e. The van der Waals surface area contributed by atoms with Crippen LogP contribution in [0.4, 0.5) is 17.1 Å². The van der Waals surface area contributed by atoms with E-state index in [-0.39, 0.29) is 5.56 Å². The van der Waals surface area contributed by atoms with Crippen molar-refractivity contribution < 1.29 is 9.90 Å². The summed E-state index contributed by atoms with van der Waals surface area (Å²) in [6, 6.07) is 10.8. The summed E-state index contributed by atoms with van der Waals surface area (Å²) in [6.07, 6.45) is 0. The molecule has 0 bridgehead atoms. The quantitative estimate of drug-likeness (QED) is 0.736. The Morgan fingerprint density at radius 1 is 1.11 bits per heavy atom. The number of hydrogen-bond acceptors (Lipinski definition) is 3. The Kier molecular flexibility index (Phi) is 3.42. The zero-order valence-corrected chi connectivity index (χ0v) is 10.9. The van der Waals surface area contributed by atoms with Gasteiger partial charge in [-0.2, -0.15) is 0 Å². The van der Waals surface area contributed by atoms with Gasteiger partial charge in [-0.05, 0) is 49.2 Å². The summed E-state index contributed by atoms with van der Waals surface area (Å²) in [5.74, 6) is -1.000. The molecule has 0 amide bonds. The van der Waals surface area contributed by atoms with E-state index in [1.165, 1.54) is 6.07 Å². The predicted octanol–water partition coefficient (Wildman–Crippen LogP) is 3.33. The SMILES string of the molecule is Cc1ccc(C)c(Nc2ccc(N)cc2C(=O)O)c1. The number of hydrogen-bond donors (Lipinski definition) is 3. The summed E-state index contributed by atoms with van der Waals surface area (Å²) in [7, 11) is 0. The Morgan fingerprint density at radius 2 is 1.84 bits per heavy atom. The normalized spacial score (nSPS) is 10.2. The number of carboxylic acid groups (broad SMARTS) is 1. The van der Waals surface area contributed by atoms with Crippen LogP contribution in [-0.4, -0.2) is 11.1 Å². The number of nitrogens with one attached hydrogen (secondary N) is 1. The molecule has 0 aliphatic rings. The van der Waals surface area contributed by atoms with Gasteiger partial charge in [-0.15, -0.1) is 0 Å². The molecule has 0 aliphatic heterocycles. The van der Waals surface area contributed by atoms with Crippen LogP contribution in [0.2, 0.25) is 0 Å². The molecule has 0 saturated heterocycles. The third-order valence-corrected chi connectivity index (χ3v) is 2.94. The highest BCUT2D eigenvalue weighted by molar-refractivity contribution is 5.96. The lowest BCUT2D eigenvalue weighted by molar-refractivity contribution is 0.0698. The lowest BCUT2D eigenvalue weighted by Crippen LogP contribution is -2.04. The van der Waals surface area contributed by atoms with Crippen LogP contribution in [0.15, 0.2) is 36.4 Å². The Labute approximate surface area is 111 Å². The van der Waals surface area contributed by atoms with Crippen molar-refractivity contribution in [2.75, 3.05) is 11.1 Å². The number of nitrogens with two attached hydrogens (primary N) is 1. The van der Waals surface area contributed by atoms with E-state index in [0.717, 1.165) is 16.8 Å². The molecule has 2 rings (SSSR count). The van der Waals surface area contributed by atoms with Gasteiger partial charge < -0.3 is 16.2 Å². The number of anilines is 3. The Morgan fingerprint density at radius 3 is 2.53 bits per heavy atom. The van der Waals surface area contributed by atoms with Gasteiger partial charge in [0.15, 0.2) is 0 Å². The minimum Gasteiger partial charge on any atom is -0.478 e. The summed E-state index contributed by atoms with van der Waals surface area (Å²) < 4.78 is 0. The second-order valence-corrected chi connectivity index (χ2v) is 4.55. The molecular weight excluding hydrogens is 240 g/mol. The molecule has 0 radical (unpaired) electrons. The van der Waals surface area contributed by atoms with Crippen LogP contribution in [0.1, 0.15) is 21.5 Å². The number of aromatic carboxylic acids is 1. The van der Waals surface area contributed by atoms with Gasteiger partial charge in [0.1, 0.15) is 0 Å². The molecule has 4 N–H and O–H groups in total. The number of benzene rings is 2. The topological polar surface area (TPSA) is 75.3 Å². The number of carbonyl (C=O) groups is 1. The van der Waals surface area contributed by atoms with Crippen molar-refractivity contribution in [3.05, 3.63) is 53.1 Å². The van der Waals surface area contributed by atoms with E-state index in [1.807, 2.05) is 32.0 Å². The molecule has 0 fully saturated rings. The molecule has 0 atom stereocenters. The van der Waals surface area contributed by atoms with Crippen LogP contribution in [0, 0.1) is 13.8 Å². The average Bonchev–Trinajstić information content (AvgIpc) is 2.35. The van der Waals surface area contributed by atoms with Crippen molar-refractivity contribution in [1.29, 1.82) is 0 Å². The number of aryl methyl sites for hydroxylation is 2. The fourth-order valence-electron chi connectivity index (χ4n) is 1.86. The van der Waals surface area contributed by atoms with Crippen molar-refractivity contribution in [3.63, 3.8) is 0 Å². The van der Waals surface area contributed by atoms with Crippen LogP contribution in [0.25, 0.3) is 0 Å². The van der Waals surface area contributed by atoms with Crippen LogP contribution in [0.5, 0.6) is 0 Å². The van der Waals surface area contributed by atoms with Gasteiger partial charge in [0.05, 0.1) is 11.3 Å². The molecule has 0 saturated carbocycles. The first-order valence-corrected chi connectivity index (χ1v) is 5.94. The minimum atomic E-state index is -1.000. The highest BCUT2D eigenvalue weighted by Crippen LogP contribution is 2.26. The van der Waals surface area contributed by atoms with Crippen LogP contribution >= 0.6 is 0 Å². The van der Waals surface area contributed by atoms with E-state index in [4.69, 9.17) is 5.73 Å². The van der Waals surface area contributed by atoms with E-state index in [0.29, 0.717) is 11.4 Å². The third-order valence-electron chi connectivity index (χ3n) is 2.94. The van der Waals surface area contributed by atoms with Crippen LogP contribution in [-0.2, 0) is 0 Å². The zero-order valence-electron chi connectivity index (χ0n) is 10.9. The third kappa shape index (κ3) is 2.85. The number of nitrogen functional groups attached to an aromatic ring is 1. The Hall–Kier alpha value is -2.49. The molecule has 0 aromatic heterocycles. The summed E-state index contributed by atoms with van der Waals surface area (Å²) in [5, 5.41) is 12.4. The maximum Gasteiger partial charge on any atom is 0.337 e. The van der Waals surface area contributed by atoms with E-state index < -0.39 is 5.97 Å². The molecule has 0 spiro atoms. The molecule has 19 heavy (non-hydrogen) atoms. The van der Waals surface area contributed by atoms with Gasteiger partial charge in [0, 0.05) is 11.4 Å². The van der Waals surface area contributed by atoms with E-state index in [9.17, 15) is 9.90 Å². The fraction of sp³-hybridized carbons (Fsp3) is 0.133. The first kappa shape index (κ1) is 13.0. The van der Waals surface area contributed by atoms with Gasteiger partial charge in [-0.3, -0.25) is 0 Å². The van der Waals surface area contributed by atoms with Gasteiger partial charge in [-0.1, -0.05) is 12.1 Å². The zero-order chi connectivity index (χ0) is 14.0. The first-order valence-electron chi connectivity index (χ1n) is 5.94. The summed E-state index contributed by atoms with van der Waals surface area (Å²) in [5.41, 5.74) is 9.82. The summed E-state index contributed by atoms with van der Waals surface area (Å²) in [6.45, 7) is 3.96. The number of carboxylic acids is 1. The molecule has 4 heteroatoms. The van der Waals surface area contributed by atoms with Gasteiger partial charge in [0.25, 0.3) is 0 Å². The molecule has 0 aliphatic carbocycles. The monoisotopic (exact) mass is 256 g/mol. The smallest absolute Gasteiger partial charge is 0.337 e. The second kappa shape index (κ2) is 5.02. The maximum atomic E-state index is 11.2. The van der Waals surface area contributed by atoms with Crippen LogP contribution in [0.3, 0.4) is 0 Å². The molecule has 2 aromatic rings. The van der Waals surface area contributed by atoms with E-state index >= 15 is 0 Å². The first-order chi connectivity index (χ1) is 8.97. The van der Waals surface area contributed by atoms with E-state index in [2.05, 4.69) is 5.32 Å². The standard InChI is InChI=1S/C15H16N2O2/c1-9-3-4-10(2)14(7-9)17-13-6-5-11(16)8-12(13)15(18)19/h3-8,17H,16H2,1-2H3,(H,18,19). The molecule has 4 nitrogen and oxygen atoms in total. The Bertz CT molecular complexity index is 636. The molecule has 0 unspecified atom stereocenters. The second-order valence-electron chi connectivity index (χ2n) is 4.55. The van der Waals surface area contributed by atoms with Gasteiger partial charge in [0.2, 0.25) is 0 Å². The van der Waals surface area contributed by atoms with Crippen LogP contribution < -0.4 is 11.1 Å². The summed E-state index contributed by atoms with van der Waals surface area (Å²) in [4.78, 5) is 11.2. The maximum absolute atomic E-state index is 11.2. The van der Waals surface area contributed by atoms with Gasteiger partial charge in [-0.25, -0.2) is 4.79 Å². The van der Waals surface area contributed by atoms with Gasteiger partial charge >= 0.3 is 5.97 Å². The Balaban J connectivity index is 2.43. The lowest BCUT2D eigenvalue weighted by atomic mass is 10.1. The van der Waals surface area contributed by atoms with Crippen molar-refractivity contribution in [3.8, 4) is 0 Å². The fourth-order valence-corrected chi connectivity index (χ4v) is 1.86. The highest BCUT2D eigenvalue weighted by atomic mass is 16.4. The van der Waals surface area contributed by atoms with Crippen molar-refractivity contribution in [2.24, 2.45) is 0 Å². The predicted molar refractivity (Wildman–Crippen MR) is 77.0 cm³/mol. The lowest BCUT2D eigenvalue weighted by Gasteiger charge is -2.13. The van der Waals surface area contributed by atoms with E-state index in [1.54, 1.807) is 12.1 Å². The molecule has 0 heterocycles. The van der Waals surface area contributed by atoms with Crippen molar-refractivity contribution in [2.45, 2.75) is 13.8 Å². The molecule has 2 aromatic carbocycles.